The Balaban J connectivity index is 3.09. The minimum absolute atomic E-state index is 0.0534. The molecule has 0 fully saturated rings. The number of aliphatic carboxylic acids is 1. The largest absolute Gasteiger partial charge is 0.480 e. The van der Waals surface area contributed by atoms with E-state index in [1.54, 1.807) is 30.3 Å². The SMILES string of the molecule is CSCCC(NC(=O)C(C)N)C(=O)NC(Cc1ccccc1)C(=O)NC(CC(N)=O)C(=O)O. The van der Waals surface area contributed by atoms with Crippen molar-refractivity contribution in [2.45, 2.75) is 50.4 Å². The molecule has 0 aliphatic rings. The van der Waals surface area contributed by atoms with Gasteiger partial charge in [0.2, 0.25) is 23.6 Å². The zero-order chi connectivity index (χ0) is 25.0. The van der Waals surface area contributed by atoms with Gasteiger partial charge in [-0.05, 0) is 30.9 Å². The lowest BCUT2D eigenvalue weighted by atomic mass is 10.0. The predicted octanol–water partition coefficient (Wildman–Crippen LogP) is -1.26. The van der Waals surface area contributed by atoms with E-state index >= 15 is 0 Å². The van der Waals surface area contributed by atoms with Gasteiger partial charge in [0, 0.05) is 6.42 Å². The average Bonchev–Trinajstić information content (AvgIpc) is 2.75. The maximum absolute atomic E-state index is 13.0. The van der Waals surface area contributed by atoms with Crippen molar-refractivity contribution >= 4 is 41.4 Å². The molecule has 0 heterocycles. The number of thioether (sulfide) groups is 1. The lowest BCUT2D eigenvalue weighted by Crippen LogP contribution is -2.57. The Labute approximate surface area is 196 Å². The highest BCUT2D eigenvalue weighted by atomic mass is 32.2. The summed E-state index contributed by atoms with van der Waals surface area (Å²) in [5.41, 5.74) is 11.4. The second kappa shape index (κ2) is 14.1. The van der Waals surface area contributed by atoms with E-state index in [0.717, 1.165) is 0 Å². The van der Waals surface area contributed by atoms with Crippen LogP contribution in [0.15, 0.2) is 30.3 Å². The number of carboxylic acid groups (broad SMARTS) is 1. The molecule has 1 rings (SSSR count). The molecule has 4 atom stereocenters. The lowest BCUT2D eigenvalue weighted by Gasteiger charge is -2.25. The van der Waals surface area contributed by atoms with Crippen LogP contribution in [0.1, 0.15) is 25.3 Å². The molecule has 8 N–H and O–H groups in total. The molecule has 12 heteroatoms. The number of carboxylic acids is 1. The Hall–Kier alpha value is -3.12. The highest BCUT2D eigenvalue weighted by Crippen LogP contribution is 2.07. The zero-order valence-corrected chi connectivity index (χ0v) is 19.4. The van der Waals surface area contributed by atoms with Crippen molar-refractivity contribution in [3.05, 3.63) is 35.9 Å². The highest BCUT2D eigenvalue weighted by Gasteiger charge is 2.30. The maximum Gasteiger partial charge on any atom is 0.326 e. The summed E-state index contributed by atoms with van der Waals surface area (Å²) < 4.78 is 0. The molecule has 0 saturated heterocycles. The molecule has 0 radical (unpaired) electrons. The highest BCUT2D eigenvalue weighted by molar-refractivity contribution is 7.98. The second-order valence-corrected chi connectivity index (χ2v) is 8.44. The Morgan fingerprint density at radius 2 is 1.48 bits per heavy atom. The van der Waals surface area contributed by atoms with E-state index in [-0.39, 0.29) is 6.42 Å². The fourth-order valence-corrected chi connectivity index (χ4v) is 3.28. The molecular weight excluding hydrogens is 450 g/mol. The van der Waals surface area contributed by atoms with Crippen molar-refractivity contribution in [2.75, 3.05) is 12.0 Å². The molecule has 0 aliphatic heterocycles. The molecule has 0 aliphatic carbocycles. The number of primary amides is 1. The quantitative estimate of drug-likeness (QED) is 0.189. The van der Waals surface area contributed by atoms with Crippen LogP contribution >= 0.6 is 11.8 Å². The summed E-state index contributed by atoms with van der Waals surface area (Å²) in [4.78, 5) is 60.5. The van der Waals surface area contributed by atoms with Crippen molar-refractivity contribution in [1.82, 2.24) is 16.0 Å². The van der Waals surface area contributed by atoms with Crippen LogP contribution in [0.2, 0.25) is 0 Å². The van der Waals surface area contributed by atoms with E-state index in [2.05, 4.69) is 16.0 Å². The number of rotatable bonds is 14. The number of nitrogens with two attached hydrogens (primary N) is 2. The minimum Gasteiger partial charge on any atom is -0.480 e. The van der Waals surface area contributed by atoms with Crippen LogP contribution in [-0.4, -0.2) is 70.9 Å². The molecule has 4 unspecified atom stereocenters. The van der Waals surface area contributed by atoms with E-state index in [0.29, 0.717) is 17.7 Å². The molecule has 11 nitrogen and oxygen atoms in total. The van der Waals surface area contributed by atoms with Gasteiger partial charge in [-0.25, -0.2) is 4.79 Å². The first-order valence-corrected chi connectivity index (χ1v) is 11.6. The summed E-state index contributed by atoms with van der Waals surface area (Å²) in [5, 5.41) is 16.7. The number of hydrogen-bond donors (Lipinski definition) is 6. The number of amides is 4. The van der Waals surface area contributed by atoms with Gasteiger partial charge in [0.1, 0.15) is 18.1 Å². The standard InChI is InChI=1S/C21H31N5O6S/c1-12(22)18(28)24-14(8-9-33-2)19(29)25-15(10-13-6-4-3-5-7-13)20(30)26-16(21(31)32)11-17(23)27/h3-7,12,14-16H,8-11,22H2,1-2H3,(H2,23,27)(H,24,28)(H,25,29)(H,26,30)(H,31,32). The summed E-state index contributed by atoms with van der Waals surface area (Å²) in [5.74, 6) is -3.71. The maximum atomic E-state index is 13.0. The van der Waals surface area contributed by atoms with Crippen molar-refractivity contribution in [3.8, 4) is 0 Å². The Morgan fingerprint density at radius 3 is 2.00 bits per heavy atom. The van der Waals surface area contributed by atoms with E-state index in [1.165, 1.54) is 18.7 Å². The van der Waals surface area contributed by atoms with Crippen LogP contribution in [0.4, 0.5) is 0 Å². The van der Waals surface area contributed by atoms with Gasteiger partial charge in [0.25, 0.3) is 0 Å². The van der Waals surface area contributed by atoms with Crippen LogP contribution < -0.4 is 27.4 Å². The van der Waals surface area contributed by atoms with Gasteiger partial charge in [-0.3, -0.25) is 19.2 Å². The molecule has 4 amide bonds. The molecule has 0 bridgehead atoms. The molecule has 0 saturated carbocycles. The minimum atomic E-state index is -1.55. The van der Waals surface area contributed by atoms with E-state index < -0.39 is 60.2 Å². The van der Waals surface area contributed by atoms with Gasteiger partial charge in [0.15, 0.2) is 0 Å². The van der Waals surface area contributed by atoms with E-state index in [4.69, 9.17) is 11.5 Å². The average molecular weight is 482 g/mol. The Kier molecular flexibility index (Phi) is 11.9. The van der Waals surface area contributed by atoms with E-state index in [1.807, 2.05) is 6.26 Å². The number of nitrogens with one attached hydrogen (secondary N) is 3. The van der Waals surface area contributed by atoms with Crippen LogP contribution in [0, 0.1) is 0 Å². The smallest absolute Gasteiger partial charge is 0.326 e. The molecule has 0 spiro atoms. The van der Waals surface area contributed by atoms with Crippen molar-refractivity contribution in [3.63, 3.8) is 0 Å². The summed E-state index contributed by atoms with van der Waals surface area (Å²) in [6, 6.07) is 4.29. The third-order valence-corrected chi connectivity index (χ3v) is 5.24. The van der Waals surface area contributed by atoms with Crippen molar-refractivity contribution in [2.24, 2.45) is 11.5 Å². The first-order chi connectivity index (χ1) is 15.5. The first kappa shape index (κ1) is 27.9. The third-order valence-electron chi connectivity index (χ3n) is 4.59. The van der Waals surface area contributed by atoms with Gasteiger partial charge < -0.3 is 32.5 Å². The molecular formula is C21H31N5O6S. The molecule has 1 aromatic rings. The van der Waals surface area contributed by atoms with Crippen molar-refractivity contribution in [1.29, 1.82) is 0 Å². The van der Waals surface area contributed by atoms with Gasteiger partial charge in [0.05, 0.1) is 12.5 Å². The summed E-state index contributed by atoms with van der Waals surface area (Å²) in [6.07, 6.45) is 1.59. The molecule has 182 valence electrons. The van der Waals surface area contributed by atoms with Gasteiger partial charge in [-0.2, -0.15) is 11.8 Å². The number of carbonyl (C=O) groups is 5. The molecule has 1 aromatic carbocycles. The van der Waals surface area contributed by atoms with Crippen LogP contribution in [-0.2, 0) is 30.4 Å². The zero-order valence-electron chi connectivity index (χ0n) is 18.6. The van der Waals surface area contributed by atoms with Gasteiger partial charge >= 0.3 is 5.97 Å². The Morgan fingerprint density at radius 1 is 0.939 bits per heavy atom. The van der Waals surface area contributed by atoms with Crippen LogP contribution in [0.5, 0.6) is 0 Å². The number of carbonyl (C=O) groups excluding carboxylic acids is 4. The fraction of sp³-hybridized carbons (Fsp3) is 0.476. The van der Waals surface area contributed by atoms with Crippen LogP contribution in [0.3, 0.4) is 0 Å². The van der Waals surface area contributed by atoms with Crippen LogP contribution in [0.25, 0.3) is 0 Å². The third kappa shape index (κ3) is 10.4. The lowest BCUT2D eigenvalue weighted by molar-refractivity contribution is -0.143. The summed E-state index contributed by atoms with van der Waals surface area (Å²) in [7, 11) is 0. The van der Waals surface area contributed by atoms with E-state index in [9.17, 15) is 29.1 Å². The summed E-state index contributed by atoms with van der Waals surface area (Å²) in [6.45, 7) is 1.48. The second-order valence-electron chi connectivity index (χ2n) is 7.45. The van der Waals surface area contributed by atoms with Gasteiger partial charge in [-0.15, -0.1) is 0 Å². The fourth-order valence-electron chi connectivity index (χ4n) is 2.81. The molecule has 0 aromatic heterocycles. The number of benzene rings is 1. The molecule has 33 heavy (non-hydrogen) atoms. The number of hydrogen-bond acceptors (Lipinski definition) is 7. The Bertz CT molecular complexity index is 836. The van der Waals surface area contributed by atoms with Crippen molar-refractivity contribution < 1.29 is 29.1 Å². The predicted molar refractivity (Wildman–Crippen MR) is 124 cm³/mol. The first-order valence-electron chi connectivity index (χ1n) is 10.3. The summed E-state index contributed by atoms with van der Waals surface area (Å²) >= 11 is 1.48. The van der Waals surface area contributed by atoms with Gasteiger partial charge in [-0.1, -0.05) is 30.3 Å². The normalized spacial score (nSPS) is 14.3. The topological polar surface area (TPSA) is 194 Å². The monoisotopic (exact) mass is 481 g/mol.